The van der Waals surface area contributed by atoms with E-state index in [1.165, 1.54) is 41.6 Å². The number of piperazine rings is 1. The summed E-state index contributed by atoms with van der Waals surface area (Å²) in [4.78, 5) is 5.19. The number of anilines is 1. The summed E-state index contributed by atoms with van der Waals surface area (Å²) in [6, 6.07) is 11.4. The maximum atomic E-state index is 6.25. The standard InChI is InChI=1S/C25H31ClN6O2/c1-16-17(2)23(34-15-25-27-29-30-28-25)10-8-20(16)22-6-4-5-19-14-31(11-12-32(19)22)18-7-9-21(26)24(13-18)33-3/h7-10,13,19,22H,4-6,11-12,14-15H2,1-3H3,(H,27,28,29,30)/t19-,22+/m0/s1. The lowest BCUT2D eigenvalue weighted by atomic mass is 9.86. The van der Waals surface area contributed by atoms with Crippen LogP contribution in [0.4, 0.5) is 5.69 Å². The molecule has 34 heavy (non-hydrogen) atoms. The normalized spacial score (nSPS) is 20.8. The number of rotatable bonds is 6. The highest BCUT2D eigenvalue weighted by molar-refractivity contribution is 6.32. The van der Waals surface area contributed by atoms with Crippen LogP contribution < -0.4 is 14.4 Å². The van der Waals surface area contributed by atoms with Gasteiger partial charge < -0.3 is 14.4 Å². The van der Waals surface area contributed by atoms with E-state index in [2.05, 4.69) is 68.5 Å². The van der Waals surface area contributed by atoms with E-state index in [0.29, 0.717) is 29.5 Å². The van der Waals surface area contributed by atoms with E-state index in [0.717, 1.165) is 31.1 Å². The molecule has 2 aromatic carbocycles. The lowest BCUT2D eigenvalue weighted by molar-refractivity contribution is 0.0712. The number of halogens is 1. The number of benzene rings is 2. The molecule has 2 saturated heterocycles. The topological polar surface area (TPSA) is 79.4 Å². The molecule has 2 aliphatic rings. The molecule has 3 aromatic rings. The van der Waals surface area contributed by atoms with Gasteiger partial charge in [-0.1, -0.05) is 17.7 Å². The molecule has 0 amide bonds. The summed E-state index contributed by atoms with van der Waals surface area (Å²) < 4.78 is 11.4. The van der Waals surface area contributed by atoms with Gasteiger partial charge in [0.25, 0.3) is 0 Å². The molecule has 2 atom stereocenters. The first-order chi connectivity index (χ1) is 16.5. The Morgan fingerprint density at radius 1 is 1.09 bits per heavy atom. The number of aromatic nitrogens is 4. The Balaban J connectivity index is 1.31. The molecule has 2 fully saturated rings. The van der Waals surface area contributed by atoms with Gasteiger partial charge in [0.1, 0.15) is 18.1 Å². The van der Waals surface area contributed by atoms with E-state index in [-0.39, 0.29) is 0 Å². The second kappa shape index (κ2) is 9.80. The molecule has 1 N–H and O–H groups in total. The van der Waals surface area contributed by atoms with E-state index in [1.54, 1.807) is 7.11 Å². The van der Waals surface area contributed by atoms with Crippen LogP contribution in [-0.2, 0) is 6.61 Å². The van der Waals surface area contributed by atoms with E-state index in [1.807, 2.05) is 6.07 Å². The Hall–Kier alpha value is -2.84. The molecule has 0 saturated carbocycles. The molecule has 180 valence electrons. The Morgan fingerprint density at radius 2 is 1.97 bits per heavy atom. The molecule has 0 radical (unpaired) electrons. The van der Waals surface area contributed by atoms with Gasteiger partial charge in [-0.25, -0.2) is 5.10 Å². The number of methoxy groups -OCH3 is 1. The van der Waals surface area contributed by atoms with Gasteiger partial charge in [0.05, 0.1) is 12.1 Å². The van der Waals surface area contributed by atoms with Crippen LogP contribution in [0.15, 0.2) is 30.3 Å². The molecule has 1 aromatic heterocycles. The van der Waals surface area contributed by atoms with Gasteiger partial charge in [-0.15, -0.1) is 5.10 Å². The number of fused-ring (bicyclic) bond motifs is 1. The van der Waals surface area contributed by atoms with Crippen molar-refractivity contribution < 1.29 is 9.47 Å². The Labute approximate surface area is 205 Å². The Morgan fingerprint density at radius 3 is 2.76 bits per heavy atom. The average molecular weight is 483 g/mol. The van der Waals surface area contributed by atoms with Crippen molar-refractivity contribution in [3.63, 3.8) is 0 Å². The van der Waals surface area contributed by atoms with Gasteiger partial charge in [0.15, 0.2) is 5.82 Å². The summed E-state index contributed by atoms with van der Waals surface area (Å²) >= 11 is 6.25. The van der Waals surface area contributed by atoms with E-state index in [4.69, 9.17) is 21.1 Å². The van der Waals surface area contributed by atoms with Crippen LogP contribution in [0.2, 0.25) is 5.02 Å². The molecular formula is C25H31ClN6O2. The predicted octanol–water partition coefficient (Wildman–Crippen LogP) is 4.47. The maximum Gasteiger partial charge on any atom is 0.186 e. The quantitative estimate of drug-likeness (QED) is 0.555. The van der Waals surface area contributed by atoms with Crippen LogP contribution in [0, 0.1) is 13.8 Å². The third kappa shape index (κ3) is 4.44. The third-order valence-corrected chi connectivity index (χ3v) is 7.65. The smallest absolute Gasteiger partial charge is 0.186 e. The number of hydrogen-bond donors (Lipinski definition) is 1. The largest absolute Gasteiger partial charge is 0.495 e. The van der Waals surface area contributed by atoms with Gasteiger partial charge >= 0.3 is 0 Å². The minimum atomic E-state index is 0.329. The molecule has 8 nitrogen and oxygen atoms in total. The van der Waals surface area contributed by atoms with Crippen molar-refractivity contribution in [1.29, 1.82) is 0 Å². The molecule has 0 aliphatic carbocycles. The molecule has 0 bridgehead atoms. The highest BCUT2D eigenvalue weighted by atomic mass is 35.5. The number of nitrogens with zero attached hydrogens (tertiary/aromatic N) is 5. The van der Waals surface area contributed by atoms with Gasteiger partial charge in [-0.2, -0.15) is 0 Å². The Bertz CT molecular complexity index is 1140. The summed E-state index contributed by atoms with van der Waals surface area (Å²) in [6.45, 7) is 7.73. The van der Waals surface area contributed by atoms with Crippen molar-refractivity contribution in [1.82, 2.24) is 25.5 Å². The van der Waals surface area contributed by atoms with E-state index >= 15 is 0 Å². The van der Waals surface area contributed by atoms with Crippen LogP contribution in [0.5, 0.6) is 11.5 Å². The van der Waals surface area contributed by atoms with Gasteiger partial charge in [0.2, 0.25) is 0 Å². The zero-order chi connectivity index (χ0) is 23.7. The van der Waals surface area contributed by atoms with E-state index in [9.17, 15) is 0 Å². The Kier molecular flexibility index (Phi) is 6.61. The van der Waals surface area contributed by atoms with Gasteiger partial charge in [-0.05, 0) is 78.4 Å². The third-order valence-electron chi connectivity index (χ3n) is 7.34. The fourth-order valence-corrected chi connectivity index (χ4v) is 5.58. The molecule has 0 spiro atoms. The second-order valence-corrected chi connectivity index (χ2v) is 9.55. The van der Waals surface area contributed by atoms with Gasteiger partial charge in [0, 0.05) is 43.5 Å². The predicted molar refractivity (Wildman–Crippen MR) is 132 cm³/mol. The molecule has 9 heteroatoms. The highest BCUT2D eigenvalue weighted by Crippen LogP contribution is 2.40. The molecule has 2 aliphatic heterocycles. The number of nitrogens with one attached hydrogen (secondary N) is 1. The van der Waals surface area contributed by atoms with E-state index < -0.39 is 0 Å². The fourth-order valence-electron chi connectivity index (χ4n) is 5.38. The number of aromatic amines is 1. The zero-order valence-electron chi connectivity index (χ0n) is 19.9. The monoisotopic (exact) mass is 482 g/mol. The number of ether oxygens (including phenoxy) is 2. The van der Waals surface area contributed by atoms with Crippen LogP contribution in [0.1, 0.15) is 47.8 Å². The number of piperidine rings is 1. The molecular weight excluding hydrogens is 452 g/mol. The van der Waals surface area contributed by atoms with Crippen molar-refractivity contribution in [3.8, 4) is 11.5 Å². The summed E-state index contributed by atoms with van der Waals surface area (Å²) in [5, 5.41) is 14.5. The number of H-pyrrole nitrogens is 1. The summed E-state index contributed by atoms with van der Waals surface area (Å²) in [6.07, 6.45) is 3.65. The molecule has 0 unspecified atom stereocenters. The molecule has 5 rings (SSSR count). The SMILES string of the molecule is COc1cc(N2CCN3[C@@H](CCC[C@@H]3c3ccc(OCc4nnn[nH]4)c(C)c3C)C2)ccc1Cl. The summed E-state index contributed by atoms with van der Waals surface area (Å²) in [7, 11) is 1.67. The summed E-state index contributed by atoms with van der Waals surface area (Å²) in [5.41, 5.74) is 5.08. The lowest BCUT2D eigenvalue weighted by Gasteiger charge is -2.49. The molecule has 3 heterocycles. The van der Waals surface area contributed by atoms with Crippen molar-refractivity contribution in [2.45, 2.75) is 51.8 Å². The van der Waals surface area contributed by atoms with Crippen molar-refractivity contribution in [2.75, 3.05) is 31.6 Å². The van der Waals surface area contributed by atoms with Crippen LogP contribution >= 0.6 is 11.6 Å². The first kappa shape index (κ1) is 22.9. The number of tetrazole rings is 1. The van der Waals surface area contributed by atoms with Crippen LogP contribution in [0.3, 0.4) is 0 Å². The van der Waals surface area contributed by atoms with Gasteiger partial charge in [-0.3, -0.25) is 4.90 Å². The summed E-state index contributed by atoms with van der Waals surface area (Å²) in [5.74, 6) is 2.23. The number of hydrogen-bond acceptors (Lipinski definition) is 7. The fraction of sp³-hybridized carbons (Fsp3) is 0.480. The minimum absolute atomic E-state index is 0.329. The highest BCUT2D eigenvalue weighted by Gasteiger charge is 2.36. The van der Waals surface area contributed by atoms with Crippen LogP contribution in [-0.4, -0.2) is 58.3 Å². The lowest BCUT2D eigenvalue weighted by Crippen LogP contribution is -2.56. The van der Waals surface area contributed by atoms with Crippen molar-refractivity contribution in [3.05, 3.63) is 57.9 Å². The van der Waals surface area contributed by atoms with Crippen molar-refractivity contribution in [2.24, 2.45) is 0 Å². The maximum absolute atomic E-state index is 6.25. The minimum Gasteiger partial charge on any atom is -0.495 e. The van der Waals surface area contributed by atoms with Crippen LogP contribution in [0.25, 0.3) is 0 Å². The first-order valence-electron chi connectivity index (χ1n) is 11.8. The zero-order valence-corrected chi connectivity index (χ0v) is 20.7. The average Bonchev–Trinajstić information content (AvgIpc) is 3.38. The first-order valence-corrected chi connectivity index (χ1v) is 12.2. The second-order valence-electron chi connectivity index (χ2n) is 9.14. The van der Waals surface area contributed by atoms with Crippen molar-refractivity contribution >= 4 is 17.3 Å².